The topological polar surface area (TPSA) is 84.2 Å². The number of carbonyl (C=O) groups is 2. The standard InChI is InChI=1S/C15H12F3N3O3/c16-15(17,18)9-3-8(12-6-19-7-24-12)4-10(5-9)20-14(23)11-1-2-13(22)21-11/h3-7,11H,1-2H2,(H,20,23)(H,21,22)/t11-/m0/s1. The van der Waals surface area contributed by atoms with Crippen LogP contribution in [0.5, 0.6) is 0 Å². The van der Waals surface area contributed by atoms with E-state index < -0.39 is 23.7 Å². The number of oxazole rings is 1. The maximum Gasteiger partial charge on any atom is 0.416 e. The van der Waals surface area contributed by atoms with Gasteiger partial charge in [0.1, 0.15) is 6.04 Å². The second-order valence-corrected chi connectivity index (χ2v) is 5.31. The zero-order chi connectivity index (χ0) is 17.3. The number of alkyl halides is 3. The fourth-order valence-corrected chi connectivity index (χ4v) is 2.40. The van der Waals surface area contributed by atoms with Gasteiger partial charge >= 0.3 is 6.18 Å². The summed E-state index contributed by atoms with van der Waals surface area (Å²) in [6.45, 7) is 0. The summed E-state index contributed by atoms with van der Waals surface area (Å²) in [4.78, 5) is 26.9. The second-order valence-electron chi connectivity index (χ2n) is 5.31. The summed E-state index contributed by atoms with van der Waals surface area (Å²) in [7, 11) is 0. The van der Waals surface area contributed by atoms with Crippen LogP contribution in [-0.4, -0.2) is 22.8 Å². The minimum Gasteiger partial charge on any atom is -0.444 e. The summed E-state index contributed by atoms with van der Waals surface area (Å²) >= 11 is 0. The van der Waals surface area contributed by atoms with Crippen molar-refractivity contribution in [2.75, 3.05) is 5.32 Å². The molecule has 2 aromatic rings. The minimum absolute atomic E-state index is 0.0395. The van der Waals surface area contributed by atoms with E-state index in [2.05, 4.69) is 15.6 Å². The zero-order valence-electron chi connectivity index (χ0n) is 12.2. The number of anilines is 1. The molecule has 0 bridgehead atoms. The van der Waals surface area contributed by atoms with E-state index in [1.54, 1.807) is 0 Å². The molecule has 1 saturated heterocycles. The van der Waals surface area contributed by atoms with E-state index in [0.717, 1.165) is 18.5 Å². The molecule has 1 aromatic heterocycles. The van der Waals surface area contributed by atoms with E-state index >= 15 is 0 Å². The first-order valence-electron chi connectivity index (χ1n) is 7.04. The molecule has 1 aliphatic rings. The predicted octanol–water partition coefficient (Wildman–Crippen LogP) is 2.58. The Bertz CT molecular complexity index is 772. The third-order valence-corrected chi connectivity index (χ3v) is 3.56. The normalized spacial score (nSPS) is 17.6. The summed E-state index contributed by atoms with van der Waals surface area (Å²) in [5.74, 6) is -0.684. The van der Waals surface area contributed by atoms with Crippen LogP contribution in [0.1, 0.15) is 18.4 Å². The average Bonchev–Trinajstić information content (AvgIpc) is 3.17. The van der Waals surface area contributed by atoms with Gasteiger partial charge in [-0.1, -0.05) is 0 Å². The van der Waals surface area contributed by atoms with Crippen LogP contribution < -0.4 is 10.6 Å². The van der Waals surface area contributed by atoms with Crippen LogP contribution in [0.2, 0.25) is 0 Å². The summed E-state index contributed by atoms with van der Waals surface area (Å²) in [5, 5.41) is 4.86. The molecule has 2 amide bonds. The fourth-order valence-electron chi connectivity index (χ4n) is 2.40. The monoisotopic (exact) mass is 339 g/mol. The van der Waals surface area contributed by atoms with Crippen molar-refractivity contribution in [3.05, 3.63) is 36.4 Å². The molecule has 0 unspecified atom stereocenters. The maximum atomic E-state index is 13.1. The van der Waals surface area contributed by atoms with Gasteiger partial charge in [0.25, 0.3) is 0 Å². The van der Waals surface area contributed by atoms with Crippen molar-refractivity contribution >= 4 is 17.5 Å². The van der Waals surface area contributed by atoms with Gasteiger partial charge in [-0.05, 0) is 24.6 Å². The van der Waals surface area contributed by atoms with Gasteiger partial charge < -0.3 is 15.1 Å². The van der Waals surface area contributed by atoms with E-state index in [-0.39, 0.29) is 29.3 Å². The van der Waals surface area contributed by atoms with Crippen molar-refractivity contribution in [2.24, 2.45) is 0 Å². The molecule has 0 spiro atoms. The van der Waals surface area contributed by atoms with Crippen molar-refractivity contribution in [3.63, 3.8) is 0 Å². The smallest absolute Gasteiger partial charge is 0.416 e. The van der Waals surface area contributed by atoms with Gasteiger partial charge in [-0.2, -0.15) is 13.2 Å². The molecule has 0 radical (unpaired) electrons. The number of rotatable bonds is 3. The number of halogens is 3. The van der Waals surface area contributed by atoms with Gasteiger partial charge in [-0.25, -0.2) is 4.98 Å². The summed E-state index contributed by atoms with van der Waals surface area (Å²) in [6, 6.07) is 2.34. The number of amides is 2. The first-order valence-corrected chi connectivity index (χ1v) is 7.04. The van der Waals surface area contributed by atoms with Gasteiger partial charge in [0, 0.05) is 17.7 Å². The molecule has 0 saturated carbocycles. The first-order chi connectivity index (χ1) is 11.3. The SMILES string of the molecule is O=C1CC[C@@H](C(=O)Nc2cc(-c3cnco3)cc(C(F)(F)F)c2)N1. The molecular formula is C15H12F3N3O3. The van der Waals surface area contributed by atoms with E-state index in [1.807, 2.05) is 0 Å². The lowest BCUT2D eigenvalue weighted by Crippen LogP contribution is -2.37. The van der Waals surface area contributed by atoms with Crippen LogP contribution in [0.4, 0.5) is 18.9 Å². The Balaban J connectivity index is 1.90. The first kappa shape index (κ1) is 16.0. The zero-order valence-corrected chi connectivity index (χ0v) is 12.2. The molecule has 1 fully saturated rings. The van der Waals surface area contributed by atoms with Crippen molar-refractivity contribution in [1.82, 2.24) is 10.3 Å². The molecular weight excluding hydrogens is 327 g/mol. The second kappa shape index (κ2) is 5.99. The van der Waals surface area contributed by atoms with E-state index in [9.17, 15) is 22.8 Å². The molecule has 1 aromatic carbocycles. The maximum absolute atomic E-state index is 13.1. The van der Waals surface area contributed by atoms with Crippen LogP contribution in [0, 0.1) is 0 Å². The fraction of sp³-hybridized carbons (Fsp3) is 0.267. The summed E-state index contributed by atoms with van der Waals surface area (Å²) in [6.07, 6.45) is -1.69. The van der Waals surface area contributed by atoms with Crippen LogP contribution in [0.15, 0.2) is 35.2 Å². The van der Waals surface area contributed by atoms with Crippen molar-refractivity contribution < 1.29 is 27.2 Å². The molecule has 0 aliphatic carbocycles. The Kier molecular flexibility index (Phi) is 4.00. The van der Waals surface area contributed by atoms with Crippen molar-refractivity contribution in [3.8, 4) is 11.3 Å². The average molecular weight is 339 g/mol. The van der Waals surface area contributed by atoms with Crippen LogP contribution in [-0.2, 0) is 15.8 Å². The lowest BCUT2D eigenvalue weighted by molar-refractivity contribution is -0.137. The summed E-state index contributed by atoms with van der Waals surface area (Å²) in [5.41, 5.74) is -0.836. The number of hydrogen-bond donors (Lipinski definition) is 2. The van der Waals surface area contributed by atoms with Gasteiger partial charge in [0.2, 0.25) is 11.8 Å². The molecule has 126 valence electrons. The quantitative estimate of drug-likeness (QED) is 0.900. The summed E-state index contributed by atoms with van der Waals surface area (Å²) < 4.78 is 44.2. The molecule has 2 heterocycles. The molecule has 2 N–H and O–H groups in total. The predicted molar refractivity (Wildman–Crippen MR) is 76.7 cm³/mol. The third-order valence-electron chi connectivity index (χ3n) is 3.56. The van der Waals surface area contributed by atoms with E-state index in [1.165, 1.54) is 12.3 Å². The molecule has 24 heavy (non-hydrogen) atoms. The Morgan fingerprint density at radius 2 is 2.12 bits per heavy atom. The Hall–Kier alpha value is -2.84. The van der Waals surface area contributed by atoms with Gasteiger partial charge in [0.05, 0.1) is 11.8 Å². The van der Waals surface area contributed by atoms with Crippen LogP contribution >= 0.6 is 0 Å². The number of aromatic nitrogens is 1. The molecule has 1 atom stereocenters. The van der Waals surface area contributed by atoms with Crippen LogP contribution in [0.25, 0.3) is 11.3 Å². The third kappa shape index (κ3) is 3.39. The number of hydrogen-bond acceptors (Lipinski definition) is 4. The Morgan fingerprint density at radius 1 is 1.33 bits per heavy atom. The van der Waals surface area contributed by atoms with Gasteiger partial charge in [0.15, 0.2) is 12.2 Å². The Labute approximate surface area is 134 Å². The van der Waals surface area contributed by atoms with Crippen molar-refractivity contribution in [1.29, 1.82) is 0 Å². The highest BCUT2D eigenvalue weighted by atomic mass is 19.4. The minimum atomic E-state index is -4.59. The van der Waals surface area contributed by atoms with Crippen LogP contribution in [0.3, 0.4) is 0 Å². The molecule has 9 heteroatoms. The van der Waals surface area contributed by atoms with Gasteiger partial charge in [-0.15, -0.1) is 0 Å². The molecule has 3 rings (SSSR count). The highest BCUT2D eigenvalue weighted by Gasteiger charge is 2.32. The highest BCUT2D eigenvalue weighted by Crippen LogP contribution is 2.35. The lowest BCUT2D eigenvalue weighted by Gasteiger charge is -2.14. The highest BCUT2D eigenvalue weighted by molar-refractivity contribution is 5.99. The Morgan fingerprint density at radius 3 is 2.71 bits per heavy atom. The largest absolute Gasteiger partial charge is 0.444 e. The van der Waals surface area contributed by atoms with Crippen molar-refractivity contribution in [2.45, 2.75) is 25.1 Å². The number of nitrogens with zero attached hydrogens (tertiary/aromatic N) is 1. The van der Waals surface area contributed by atoms with E-state index in [0.29, 0.717) is 6.42 Å². The number of benzene rings is 1. The molecule has 1 aliphatic heterocycles. The lowest BCUT2D eigenvalue weighted by atomic mass is 10.1. The number of nitrogens with one attached hydrogen (secondary N) is 2. The number of carbonyl (C=O) groups excluding carboxylic acids is 2. The van der Waals surface area contributed by atoms with Gasteiger partial charge in [-0.3, -0.25) is 9.59 Å². The van der Waals surface area contributed by atoms with E-state index in [4.69, 9.17) is 4.42 Å². The molecule has 6 nitrogen and oxygen atoms in total.